The van der Waals surface area contributed by atoms with Gasteiger partial charge in [-0.1, -0.05) is 29.5 Å². The second kappa shape index (κ2) is 4.96. The first kappa shape index (κ1) is 11.6. The number of nitrogens with zero attached hydrogens (tertiary/aromatic N) is 4. The van der Waals surface area contributed by atoms with Crippen LogP contribution in [0.3, 0.4) is 0 Å². The summed E-state index contributed by atoms with van der Waals surface area (Å²) in [6.07, 6.45) is 0. The Morgan fingerprint density at radius 2 is 2.12 bits per heavy atom. The fourth-order valence-corrected chi connectivity index (χ4v) is 1.85. The van der Waals surface area contributed by atoms with Crippen LogP contribution in [0.15, 0.2) is 29.4 Å². The number of aromatic nitrogens is 4. The Morgan fingerprint density at radius 3 is 2.76 bits per heavy atom. The first-order valence-electron chi connectivity index (χ1n) is 4.87. The van der Waals surface area contributed by atoms with Crippen LogP contribution >= 0.6 is 11.8 Å². The van der Waals surface area contributed by atoms with E-state index in [1.54, 1.807) is 0 Å². The van der Waals surface area contributed by atoms with Crippen molar-refractivity contribution >= 4 is 17.7 Å². The highest BCUT2D eigenvalue weighted by Gasteiger charge is 2.10. The molecule has 0 unspecified atom stereocenters. The van der Waals surface area contributed by atoms with Crippen molar-refractivity contribution in [2.24, 2.45) is 0 Å². The second-order valence-electron chi connectivity index (χ2n) is 3.39. The standard InChI is InChI=1S/C10H10N4O2S/c1-7-2-4-8(5-3-7)14-10(11-12-13-14)17-6-9(15)16/h2-5H,6H2,1H3,(H,15,16). The van der Waals surface area contributed by atoms with Crippen LogP contribution in [0, 0.1) is 6.92 Å². The maximum Gasteiger partial charge on any atom is 0.313 e. The van der Waals surface area contributed by atoms with Gasteiger partial charge in [0.05, 0.1) is 11.4 Å². The number of carboxylic acid groups (broad SMARTS) is 1. The van der Waals surface area contributed by atoms with Gasteiger partial charge in [0.1, 0.15) is 0 Å². The summed E-state index contributed by atoms with van der Waals surface area (Å²) in [6, 6.07) is 7.67. The van der Waals surface area contributed by atoms with Gasteiger partial charge in [0.2, 0.25) is 5.16 Å². The Morgan fingerprint density at radius 1 is 1.41 bits per heavy atom. The number of aliphatic carboxylic acids is 1. The number of hydrogen-bond donors (Lipinski definition) is 1. The smallest absolute Gasteiger partial charge is 0.313 e. The monoisotopic (exact) mass is 250 g/mol. The number of aryl methyl sites for hydroxylation is 1. The van der Waals surface area contributed by atoms with Gasteiger partial charge in [0.25, 0.3) is 0 Å². The highest BCUT2D eigenvalue weighted by Crippen LogP contribution is 2.17. The molecule has 2 rings (SSSR count). The van der Waals surface area contributed by atoms with Gasteiger partial charge in [-0.15, -0.1) is 5.10 Å². The Balaban J connectivity index is 2.24. The van der Waals surface area contributed by atoms with E-state index in [9.17, 15) is 4.79 Å². The largest absolute Gasteiger partial charge is 0.481 e. The maximum absolute atomic E-state index is 10.5. The fraction of sp³-hybridized carbons (Fsp3) is 0.200. The molecule has 0 saturated carbocycles. The summed E-state index contributed by atoms with van der Waals surface area (Å²) in [7, 11) is 0. The van der Waals surface area contributed by atoms with Gasteiger partial charge in [0, 0.05) is 0 Å². The normalized spacial score (nSPS) is 10.4. The molecule has 0 aliphatic rings. The summed E-state index contributed by atoms with van der Waals surface area (Å²) in [6.45, 7) is 1.99. The zero-order chi connectivity index (χ0) is 12.3. The predicted octanol–water partition coefficient (Wildman–Crippen LogP) is 1.15. The lowest BCUT2D eigenvalue weighted by atomic mass is 10.2. The molecule has 0 fully saturated rings. The van der Waals surface area contributed by atoms with E-state index < -0.39 is 5.97 Å². The molecule has 0 bridgehead atoms. The molecule has 1 aromatic carbocycles. The van der Waals surface area contributed by atoms with Crippen molar-refractivity contribution in [2.45, 2.75) is 12.1 Å². The van der Waals surface area contributed by atoms with Crippen molar-refractivity contribution in [1.82, 2.24) is 20.2 Å². The van der Waals surface area contributed by atoms with Crippen molar-refractivity contribution in [1.29, 1.82) is 0 Å². The number of carbonyl (C=O) groups is 1. The lowest BCUT2D eigenvalue weighted by Crippen LogP contribution is -2.02. The van der Waals surface area contributed by atoms with Crippen LogP contribution in [0.5, 0.6) is 0 Å². The van der Waals surface area contributed by atoms with Gasteiger partial charge in [-0.3, -0.25) is 4.79 Å². The maximum atomic E-state index is 10.5. The van der Waals surface area contributed by atoms with E-state index in [2.05, 4.69) is 15.5 Å². The molecule has 0 aliphatic carbocycles. The zero-order valence-electron chi connectivity index (χ0n) is 9.07. The summed E-state index contributed by atoms with van der Waals surface area (Å²) in [5, 5.41) is 20.3. The van der Waals surface area contributed by atoms with Crippen molar-refractivity contribution in [3.63, 3.8) is 0 Å². The molecule has 1 aromatic heterocycles. The molecule has 0 radical (unpaired) electrons. The molecule has 0 saturated heterocycles. The SMILES string of the molecule is Cc1ccc(-n2nnnc2SCC(=O)O)cc1. The molecule has 1 N–H and O–H groups in total. The van der Waals surface area contributed by atoms with Crippen LogP contribution in [0.1, 0.15) is 5.56 Å². The van der Waals surface area contributed by atoms with Gasteiger partial charge in [0.15, 0.2) is 0 Å². The lowest BCUT2D eigenvalue weighted by molar-refractivity contribution is -0.133. The Hall–Kier alpha value is -1.89. The Bertz CT molecular complexity index is 523. The number of thioether (sulfide) groups is 1. The first-order valence-corrected chi connectivity index (χ1v) is 5.85. The topological polar surface area (TPSA) is 80.9 Å². The third kappa shape index (κ3) is 2.82. The van der Waals surface area contributed by atoms with Crippen molar-refractivity contribution < 1.29 is 9.90 Å². The fourth-order valence-electron chi connectivity index (χ4n) is 1.24. The van der Waals surface area contributed by atoms with Crippen LogP contribution in [-0.4, -0.2) is 37.0 Å². The average Bonchev–Trinajstić information content (AvgIpc) is 2.75. The predicted molar refractivity (Wildman–Crippen MR) is 62.3 cm³/mol. The number of rotatable bonds is 4. The summed E-state index contributed by atoms with van der Waals surface area (Å²) in [5.41, 5.74) is 1.95. The minimum absolute atomic E-state index is 0.0633. The molecule has 7 heteroatoms. The van der Waals surface area contributed by atoms with Gasteiger partial charge in [-0.05, 0) is 29.5 Å². The molecule has 2 aromatic rings. The molecule has 88 valence electrons. The molecule has 0 aliphatic heterocycles. The number of hydrogen-bond acceptors (Lipinski definition) is 5. The molecular formula is C10H10N4O2S. The summed E-state index contributed by atoms with van der Waals surface area (Å²) < 4.78 is 1.52. The highest BCUT2D eigenvalue weighted by molar-refractivity contribution is 7.99. The molecule has 6 nitrogen and oxygen atoms in total. The van der Waals surface area contributed by atoms with Crippen LogP contribution in [0.25, 0.3) is 5.69 Å². The quantitative estimate of drug-likeness (QED) is 0.820. The molecule has 17 heavy (non-hydrogen) atoms. The van der Waals surface area contributed by atoms with Gasteiger partial charge >= 0.3 is 5.97 Å². The van der Waals surface area contributed by atoms with E-state index in [1.807, 2.05) is 31.2 Å². The molecule has 0 spiro atoms. The van der Waals surface area contributed by atoms with E-state index in [0.29, 0.717) is 5.16 Å². The Kier molecular flexibility index (Phi) is 3.38. The van der Waals surface area contributed by atoms with Crippen molar-refractivity contribution in [3.8, 4) is 5.69 Å². The molecule has 0 amide bonds. The zero-order valence-corrected chi connectivity index (χ0v) is 9.89. The third-order valence-corrected chi connectivity index (χ3v) is 2.95. The van der Waals surface area contributed by atoms with Crippen LogP contribution in [-0.2, 0) is 4.79 Å². The van der Waals surface area contributed by atoms with Crippen LogP contribution in [0.2, 0.25) is 0 Å². The lowest BCUT2D eigenvalue weighted by Gasteiger charge is -2.03. The first-order chi connectivity index (χ1) is 8.16. The number of benzene rings is 1. The third-order valence-electron chi connectivity index (χ3n) is 2.04. The minimum Gasteiger partial charge on any atom is -0.481 e. The van der Waals surface area contributed by atoms with Crippen LogP contribution < -0.4 is 0 Å². The molecular weight excluding hydrogens is 240 g/mol. The van der Waals surface area contributed by atoms with Crippen molar-refractivity contribution in [3.05, 3.63) is 29.8 Å². The van der Waals surface area contributed by atoms with E-state index in [0.717, 1.165) is 23.0 Å². The summed E-state index contributed by atoms with van der Waals surface area (Å²) in [4.78, 5) is 10.5. The molecule has 1 heterocycles. The molecule has 0 atom stereocenters. The van der Waals surface area contributed by atoms with Crippen LogP contribution in [0.4, 0.5) is 0 Å². The second-order valence-corrected chi connectivity index (χ2v) is 4.33. The van der Waals surface area contributed by atoms with E-state index >= 15 is 0 Å². The Labute approximate surface area is 102 Å². The summed E-state index contributed by atoms with van der Waals surface area (Å²) >= 11 is 1.09. The average molecular weight is 250 g/mol. The minimum atomic E-state index is -0.895. The van der Waals surface area contributed by atoms with E-state index in [1.165, 1.54) is 4.68 Å². The van der Waals surface area contributed by atoms with Gasteiger partial charge in [-0.25, -0.2) is 0 Å². The number of tetrazole rings is 1. The van der Waals surface area contributed by atoms with E-state index in [-0.39, 0.29) is 5.75 Å². The number of carboxylic acids is 1. The van der Waals surface area contributed by atoms with E-state index in [4.69, 9.17) is 5.11 Å². The highest BCUT2D eigenvalue weighted by atomic mass is 32.2. The van der Waals surface area contributed by atoms with Gasteiger partial charge < -0.3 is 5.11 Å². The summed E-state index contributed by atoms with van der Waals surface area (Å²) in [5.74, 6) is -0.958. The van der Waals surface area contributed by atoms with Crippen molar-refractivity contribution in [2.75, 3.05) is 5.75 Å². The van der Waals surface area contributed by atoms with Gasteiger partial charge in [-0.2, -0.15) is 4.68 Å².